The molecule has 2 aliphatic heterocycles. The maximum atomic E-state index is 10.1. The fraction of sp³-hybridized carbons (Fsp3) is 0.600. The van der Waals surface area contributed by atoms with Crippen LogP contribution in [0.1, 0.15) is 25.8 Å². The van der Waals surface area contributed by atoms with Crippen LogP contribution in [-0.4, -0.2) is 29.9 Å². The van der Waals surface area contributed by atoms with Crippen LogP contribution in [0.5, 0.6) is 17.2 Å². The molecule has 2 unspecified atom stereocenters. The number of phenols is 1. The van der Waals surface area contributed by atoms with Gasteiger partial charge in [0.2, 0.25) is 6.79 Å². The van der Waals surface area contributed by atoms with Gasteiger partial charge in [0.05, 0.1) is 0 Å². The van der Waals surface area contributed by atoms with Crippen molar-refractivity contribution in [3.05, 3.63) is 17.7 Å². The first-order chi connectivity index (χ1) is 9.11. The molecule has 0 radical (unpaired) electrons. The van der Waals surface area contributed by atoms with Crippen LogP contribution in [0.4, 0.5) is 0 Å². The fourth-order valence-electron chi connectivity index (χ4n) is 3.26. The Hall–Kier alpha value is -1.42. The summed E-state index contributed by atoms with van der Waals surface area (Å²) in [7, 11) is 0. The second-order valence-electron chi connectivity index (χ2n) is 5.97. The zero-order valence-corrected chi connectivity index (χ0v) is 11.6. The first-order valence-corrected chi connectivity index (χ1v) is 6.95. The number of aromatic hydroxyl groups is 1. The number of fused-ring (bicyclic) bond motifs is 1. The van der Waals surface area contributed by atoms with Crippen molar-refractivity contribution in [3.8, 4) is 17.2 Å². The molecule has 0 aromatic heterocycles. The molecule has 1 N–H and O–H groups in total. The van der Waals surface area contributed by atoms with E-state index < -0.39 is 0 Å². The lowest BCUT2D eigenvalue weighted by molar-refractivity contribution is 0.133. The average molecular weight is 263 g/mol. The number of benzene rings is 1. The highest BCUT2D eigenvalue weighted by Crippen LogP contribution is 2.38. The van der Waals surface area contributed by atoms with Crippen molar-refractivity contribution in [1.82, 2.24) is 4.90 Å². The number of likely N-dealkylation sites (tertiary alicyclic amines) is 1. The van der Waals surface area contributed by atoms with Crippen LogP contribution in [0, 0.1) is 11.8 Å². The van der Waals surface area contributed by atoms with E-state index in [-0.39, 0.29) is 6.79 Å². The van der Waals surface area contributed by atoms with Gasteiger partial charge >= 0.3 is 0 Å². The third kappa shape index (κ3) is 2.63. The Morgan fingerprint density at radius 3 is 2.47 bits per heavy atom. The lowest BCUT2D eigenvalue weighted by Gasteiger charge is -2.35. The Bertz CT molecular complexity index is 465. The molecule has 3 rings (SSSR count). The molecule has 2 heterocycles. The van der Waals surface area contributed by atoms with Gasteiger partial charge in [0.15, 0.2) is 11.5 Å². The summed E-state index contributed by atoms with van der Waals surface area (Å²) < 4.78 is 10.6. The number of rotatable bonds is 2. The van der Waals surface area contributed by atoms with Gasteiger partial charge in [-0.3, -0.25) is 4.90 Å². The lowest BCUT2D eigenvalue weighted by Crippen LogP contribution is -2.38. The van der Waals surface area contributed by atoms with E-state index in [0.29, 0.717) is 11.5 Å². The molecule has 1 fully saturated rings. The molecule has 0 spiro atoms. The number of phenolic OH excluding ortho intramolecular Hbond substituents is 1. The summed E-state index contributed by atoms with van der Waals surface area (Å²) in [6.45, 7) is 7.80. The molecule has 104 valence electrons. The van der Waals surface area contributed by atoms with Gasteiger partial charge in [-0.2, -0.15) is 0 Å². The van der Waals surface area contributed by atoms with E-state index in [9.17, 15) is 5.11 Å². The minimum absolute atomic E-state index is 0.246. The maximum absolute atomic E-state index is 10.1. The molecule has 2 atom stereocenters. The first kappa shape index (κ1) is 12.6. The fourth-order valence-corrected chi connectivity index (χ4v) is 3.26. The average Bonchev–Trinajstić information content (AvgIpc) is 2.75. The number of nitrogens with zero attached hydrogens (tertiary/aromatic N) is 1. The molecule has 2 aliphatic rings. The van der Waals surface area contributed by atoms with Gasteiger partial charge < -0.3 is 14.6 Å². The Morgan fingerprint density at radius 1 is 1.16 bits per heavy atom. The van der Waals surface area contributed by atoms with Crippen LogP contribution in [0.15, 0.2) is 12.1 Å². The smallest absolute Gasteiger partial charge is 0.231 e. The molecule has 1 saturated heterocycles. The number of piperidine rings is 1. The van der Waals surface area contributed by atoms with Crippen molar-refractivity contribution in [2.45, 2.75) is 26.8 Å². The van der Waals surface area contributed by atoms with Crippen LogP contribution < -0.4 is 9.47 Å². The van der Waals surface area contributed by atoms with Crippen LogP contribution in [0.25, 0.3) is 0 Å². The van der Waals surface area contributed by atoms with Crippen molar-refractivity contribution in [3.63, 3.8) is 0 Å². The standard InChI is InChI=1S/C15H21NO3/c1-10-3-11(2)7-16(6-10)8-12-4-14-15(5-13(12)17)19-9-18-14/h4-5,10-11,17H,3,6-9H2,1-2H3. The third-order valence-electron chi connectivity index (χ3n) is 3.91. The molecule has 19 heavy (non-hydrogen) atoms. The van der Waals surface area contributed by atoms with E-state index in [1.54, 1.807) is 6.07 Å². The van der Waals surface area contributed by atoms with E-state index in [1.807, 2.05) is 6.07 Å². The summed E-state index contributed by atoms with van der Waals surface area (Å²) in [6, 6.07) is 3.57. The van der Waals surface area contributed by atoms with Crippen LogP contribution in [0.3, 0.4) is 0 Å². The van der Waals surface area contributed by atoms with Crippen LogP contribution in [0.2, 0.25) is 0 Å². The molecule has 1 aromatic carbocycles. The Kier molecular flexibility index (Phi) is 3.27. The molecule has 0 amide bonds. The molecular weight excluding hydrogens is 242 g/mol. The van der Waals surface area contributed by atoms with E-state index in [1.165, 1.54) is 6.42 Å². The highest BCUT2D eigenvalue weighted by Gasteiger charge is 2.24. The number of hydrogen-bond acceptors (Lipinski definition) is 4. The minimum Gasteiger partial charge on any atom is -0.507 e. The first-order valence-electron chi connectivity index (χ1n) is 6.95. The molecular formula is C15H21NO3. The summed E-state index contributed by atoms with van der Waals surface area (Å²) in [5.41, 5.74) is 0.922. The van der Waals surface area contributed by atoms with Gasteiger partial charge in [0.25, 0.3) is 0 Å². The predicted molar refractivity (Wildman–Crippen MR) is 72.5 cm³/mol. The topological polar surface area (TPSA) is 41.9 Å². The SMILES string of the molecule is CC1CC(C)CN(Cc2cc3c(cc2O)OCO3)C1. The van der Waals surface area contributed by atoms with E-state index in [2.05, 4.69) is 18.7 Å². The Morgan fingerprint density at radius 2 is 1.79 bits per heavy atom. The van der Waals surface area contributed by atoms with E-state index in [0.717, 1.165) is 42.8 Å². The highest BCUT2D eigenvalue weighted by atomic mass is 16.7. The second-order valence-corrected chi connectivity index (χ2v) is 5.97. The molecule has 4 heteroatoms. The van der Waals surface area contributed by atoms with Crippen molar-refractivity contribution in [1.29, 1.82) is 0 Å². The zero-order valence-electron chi connectivity index (χ0n) is 11.6. The summed E-state index contributed by atoms with van der Waals surface area (Å²) in [4.78, 5) is 2.41. The van der Waals surface area contributed by atoms with E-state index >= 15 is 0 Å². The van der Waals surface area contributed by atoms with E-state index in [4.69, 9.17) is 9.47 Å². The zero-order chi connectivity index (χ0) is 13.4. The van der Waals surface area contributed by atoms with Crippen molar-refractivity contribution < 1.29 is 14.6 Å². The summed E-state index contributed by atoms with van der Waals surface area (Å²) in [6.07, 6.45) is 1.30. The van der Waals surface area contributed by atoms with Gasteiger partial charge in [-0.05, 0) is 24.3 Å². The van der Waals surface area contributed by atoms with Gasteiger partial charge in [0.1, 0.15) is 5.75 Å². The molecule has 0 bridgehead atoms. The predicted octanol–water partition coefficient (Wildman–Crippen LogP) is 2.60. The van der Waals surface area contributed by atoms with Crippen LogP contribution >= 0.6 is 0 Å². The minimum atomic E-state index is 0.246. The Balaban J connectivity index is 1.76. The monoisotopic (exact) mass is 263 g/mol. The highest BCUT2D eigenvalue weighted by molar-refractivity contribution is 5.51. The van der Waals surface area contributed by atoms with Crippen molar-refractivity contribution in [2.75, 3.05) is 19.9 Å². The van der Waals surface area contributed by atoms with Crippen molar-refractivity contribution in [2.24, 2.45) is 11.8 Å². The van der Waals surface area contributed by atoms with Crippen molar-refractivity contribution >= 4 is 0 Å². The van der Waals surface area contributed by atoms with Gasteiger partial charge in [-0.25, -0.2) is 0 Å². The largest absolute Gasteiger partial charge is 0.507 e. The lowest BCUT2D eigenvalue weighted by atomic mass is 9.91. The number of ether oxygens (including phenoxy) is 2. The molecule has 4 nitrogen and oxygen atoms in total. The summed E-state index contributed by atoms with van der Waals surface area (Å²) in [5, 5.41) is 10.1. The quantitative estimate of drug-likeness (QED) is 0.890. The van der Waals surface area contributed by atoms with Gasteiger partial charge in [0, 0.05) is 31.3 Å². The number of hydrogen-bond donors (Lipinski definition) is 1. The van der Waals surface area contributed by atoms with Gasteiger partial charge in [-0.15, -0.1) is 0 Å². The summed E-state index contributed by atoms with van der Waals surface area (Å²) in [5.74, 6) is 3.13. The molecule has 1 aromatic rings. The summed E-state index contributed by atoms with van der Waals surface area (Å²) >= 11 is 0. The third-order valence-corrected chi connectivity index (χ3v) is 3.91. The normalized spacial score (nSPS) is 26.6. The Labute approximate surface area is 113 Å². The second kappa shape index (κ2) is 4.93. The van der Waals surface area contributed by atoms with Gasteiger partial charge in [-0.1, -0.05) is 13.8 Å². The molecule has 0 saturated carbocycles. The molecule has 0 aliphatic carbocycles. The maximum Gasteiger partial charge on any atom is 0.231 e. The van der Waals surface area contributed by atoms with Crippen LogP contribution in [-0.2, 0) is 6.54 Å².